The first-order valence-corrected chi connectivity index (χ1v) is 7.33. The average molecular weight is 277 g/mol. The molecule has 2 aromatic rings. The number of thiophene rings is 1. The van der Waals surface area contributed by atoms with Gasteiger partial charge in [-0.15, -0.1) is 11.3 Å². The summed E-state index contributed by atoms with van der Waals surface area (Å²) in [6.07, 6.45) is 2.00. The lowest BCUT2D eigenvalue weighted by molar-refractivity contribution is -0.121. The molecule has 102 valence electrons. The highest BCUT2D eigenvalue weighted by molar-refractivity contribution is 7.09. The molecule has 2 heterocycles. The number of aromatic nitrogens is 2. The van der Waals surface area contributed by atoms with Crippen LogP contribution in [0.15, 0.2) is 23.6 Å². The van der Waals surface area contributed by atoms with Crippen LogP contribution in [0.25, 0.3) is 0 Å². The molecule has 1 amide bonds. The van der Waals surface area contributed by atoms with E-state index in [2.05, 4.69) is 27.9 Å². The lowest BCUT2D eigenvalue weighted by Gasteiger charge is -2.06. The van der Waals surface area contributed by atoms with E-state index >= 15 is 0 Å². The van der Waals surface area contributed by atoms with Gasteiger partial charge in [-0.3, -0.25) is 9.48 Å². The minimum absolute atomic E-state index is 0.0254. The molecule has 0 saturated heterocycles. The van der Waals surface area contributed by atoms with E-state index in [-0.39, 0.29) is 5.91 Å². The Hall–Kier alpha value is -1.62. The van der Waals surface area contributed by atoms with Gasteiger partial charge in [-0.2, -0.15) is 5.10 Å². The number of nitrogens with zero attached hydrogens (tertiary/aromatic N) is 2. The third kappa shape index (κ3) is 4.21. The maximum atomic E-state index is 11.8. The number of carbonyl (C=O) groups is 1. The molecule has 0 aliphatic heterocycles. The van der Waals surface area contributed by atoms with E-state index in [1.165, 1.54) is 4.88 Å². The summed E-state index contributed by atoms with van der Waals surface area (Å²) < 4.78 is 1.74. The molecule has 0 fully saturated rings. The average Bonchev–Trinajstić information content (AvgIpc) is 2.96. The largest absolute Gasteiger partial charge is 0.354 e. The topological polar surface area (TPSA) is 46.9 Å². The van der Waals surface area contributed by atoms with Crippen LogP contribution in [0.2, 0.25) is 0 Å². The van der Waals surface area contributed by atoms with Crippen LogP contribution in [-0.2, 0) is 17.8 Å². The zero-order valence-electron chi connectivity index (χ0n) is 11.3. The van der Waals surface area contributed by atoms with Gasteiger partial charge in [-0.25, -0.2) is 0 Å². The van der Waals surface area contributed by atoms with E-state index in [0.717, 1.165) is 30.8 Å². The van der Waals surface area contributed by atoms with Gasteiger partial charge in [0.05, 0.1) is 5.69 Å². The Balaban J connectivity index is 1.68. The van der Waals surface area contributed by atoms with E-state index in [1.807, 2.05) is 19.9 Å². The van der Waals surface area contributed by atoms with Crippen molar-refractivity contribution in [2.75, 3.05) is 6.54 Å². The first-order chi connectivity index (χ1) is 9.15. The molecular weight excluding hydrogens is 258 g/mol. The summed E-state index contributed by atoms with van der Waals surface area (Å²) in [6.45, 7) is 4.92. The zero-order chi connectivity index (χ0) is 13.7. The number of amides is 1. The second kappa shape index (κ2) is 6.52. The summed E-state index contributed by atoms with van der Waals surface area (Å²) in [5.41, 5.74) is 1.97. The van der Waals surface area contributed by atoms with Crippen LogP contribution in [0.3, 0.4) is 0 Å². The number of nitrogens with one attached hydrogen (secondary N) is 1. The molecule has 19 heavy (non-hydrogen) atoms. The molecule has 1 N–H and O–H groups in total. The van der Waals surface area contributed by atoms with Crippen molar-refractivity contribution in [1.29, 1.82) is 0 Å². The Morgan fingerprint density at radius 1 is 1.47 bits per heavy atom. The van der Waals surface area contributed by atoms with Crippen LogP contribution in [0.1, 0.15) is 22.7 Å². The molecule has 2 aromatic heterocycles. The second-order valence-electron chi connectivity index (χ2n) is 4.62. The second-order valence-corrected chi connectivity index (χ2v) is 5.65. The third-order valence-corrected chi connectivity index (χ3v) is 3.84. The molecule has 0 atom stereocenters. The fraction of sp³-hybridized carbons (Fsp3) is 0.429. The molecule has 0 spiro atoms. The first-order valence-electron chi connectivity index (χ1n) is 6.45. The predicted octanol–water partition coefficient (Wildman–Crippen LogP) is 2.31. The van der Waals surface area contributed by atoms with E-state index in [4.69, 9.17) is 0 Å². The fourth-order valence-corrected chi connectivity index (χ4v) is 2.72. The van der Waals surface area contributed by atoms with Crippen molar-refractivity contribution in [3.8, 4) is 0 Å². The highest BCUT2D eigenvalue weighted by Gasteiger charge is 2.06. The van der Waals surface area contributed by atoms with Gasteiger partial charge in [0.1, 0.15) is 6.54 Å². The number of aryl methyl sites for hydroxylation is 3. The van der Waals surface area contributed by atoms with Crippen molar-refractivity contribution in [2.24, 2.45) is 0 Å². The molecule has 0 bridgehead atoms. The molecule has 4 nitrogen and oxygen atoms in total. The molecule has 0 aliphatic carbocycles. The van der Waals surface area contributed by atoms with Gasteiger partial charge >= 0.3 is 0 Å². The minimum atomic E-state index is 0.0254. The van der Waals surface area contributed by atoms with Crippen molar-refractivity contribution < 1.29 is 4.79 Å². The Kier molecular flexibility index (Phi) is 4.74. The number of rotatable bonds is 6. The van der Waals surface area contributed by atoms with Crippen molar-refractivity contribution >= 4 is 17.2 Å². The van der Waals surface area contributed by atoms with Crippen molar-refractivity contribution in [2.45, 2.75) is 33.2 Å². The maximum Gasteiger partial charge on any atom is 0.241 e. The van der Waals surface area contributed by atoms with Crippen molar-refractivity contribution in [3.63, 3.8) is 0 Å². The molecule has 0 aromatic carbocycles. The van der Waals surface area contributed by atoms with Gasteiger partial charge < -0.3 is 5.32 Å². The van der Waals surface area contributed by atoms with Gasteiger partial charge in [-0.1, -0.05) is 6.07 Å². The first kappa shape index (κ1) is 13.8. The zero-order valence-corrected chi connectivity index (χ0v) is 12.2. The van der Waals surface area contributed by atoms with E-state index in [0.29, 0.717) is 6.54 Å². The molecule has 5 heteroatoms. The van der Waals surface area contributed by atoms with Gasteiger partial charge in [0.2, 0.25) is 5.91 Å². The minimum Gasteiger partial charge on any atom is -0.354 e. The normalized spacial score (nSPS) is 10.6. The Morgan fingerprint density at radius 2 is 2.32 bits per heavy atom. The number of carbonyl (C=O) groups excluding carboxylic acids is 1. The van der Waals surface area contributed by atoms with E-state index in [9.17, 15) is 4.79 Å². The lowest BCUT2D eigenvalue weighted by Crippen LogP contribution is -2.29. The van der Waals surface area contributed by atoms with Gasteiger partial charge in [0.15, 0.2) is 0 Å². The predicted molar refractivity (Wildman–Crippen MR) is 77.4 cm³/mol. The SMILES string of the molecule is Cc1cc(C)n(CC(=O)NCCCc2cccs2)n1. The third-order valence-electron chi connectivity index (χ3n) is 2.90. The fourth-order valence-electron chi connectivity index (χ4n) is 1.97. The van der Waals surface area contributed by atoms with Crippen LogP contribution in [0.4, 0.5) is 0 Å². The van der Waals surface area contributed by atoms with Gasteiger partial charge in [0, 0.05) is 17.1 Å². The van der Waals surface area contributed by atoms with Gasteiger partial charge in [0.25, 0.3) is 0 Å². The van der Waals surface area contributed by atoms with E-state index < -0.39 is 0 Å². The van der Waals surface area contributed by atoms with Crippen LogP contribution < -0.4 is 5.32 Å². The van der Waals surface area contributed by atoms with Crippen molar-refractivity contribution in [3.05, 3.63) is 39.8 Å². The maximum absolute atomic E-state index is 11.8. The molecule has 0 radical (unpaired) electrons. The van der Waals surface area contributed by atoms with Crippen molar-refractivity contribution in [1.82, 2.24) is 15.1 Å². The van der Waals surface area contributed by atoms with E-state index in [1.54, 1.807) is 16.0 Å². The summed E-state index contributed by atoms with van der Waals surface area (Å²) in [4.78, 5) is 13.1. The molecule has 0 aliphatic rings. The van der Waals surface area contributed by atoms with Gasteiger partial charge in [-0.05, 0) is 44.2 Å². The summed E-state index contributed by atoms with van der Waals surface area (Å²) >= 11 is 1.76. The highest BCUT2D eigenvalue weighted by Crippen LogP contribution is 2.10. The summed E-state index contributed by atoms with van der Waals surface area (Å²) in [5, 5.41) is 9.29. The van der Waals surface area contributed by atoms with Crippen LogP contribution >= 0.6 is 11.3 Å². The molecule has 0 saturated carbocycles. The Labute approximate surface area is 117 Å². The van der Waals surface area contributed by atoms with Crippen LogP contribution in [0, 0.1) is 13.8 Å². The highest BCUT2D eigenvalue weighted by atomic mass is 32.1. The standard InChI is InChI=1S/C14H19N3OS/c1-11-9-12(2)17(16-11)10-14(18)15-7-3-5-13-6-4-8-19-13/h4,6,8-9H,3,5,7,10H2,1-2H3,(H,15,18). The molecular formula is C14H19N3OS. The smallest absolute Gasteiger partial charge is 0.241 e. The summed E-state index contributed by atoms with van der Waals surface area (Å²) in [6, 6.07) is 6.16. The summed E-state index contributed by atoms with van der Waals surface area (Å²) in [7, 11) is 0. The summed E-state index contributed by atoms with van der Waals surface area (Å²) in [5.74, 6) is 0.0254. The lowest BCUT2D eigenvalue weighted by atomic mass is 10.2. The number of hydrogen-bond donors (Lipinski definition) is 1. The van der Waals surface area contributed by atoms with Crippen LogP contribution in [0.5, 0.6) is 0 Å². The molecule has 0 unspecified atom stereocenters. The Bertz CT molecular complexity index is 531. The Morgan fingerprint density at radius 3 is 2.95 bits per heavy atom. The molecule has 2 rings (SSSR count). The quantitative estimate of drug-likeness (QED) is 0.824. The monoisotopic (exact) mass is 277 g/mol. The van der Waals surface area contributed by atoms with Crippen LogP contribution in [-0.4, -0.2) is 22.2 Å². The number of hydrogen-bond acceptors (Lipinski definition) is 3.